The third-order valence-electron chi connectivity index (χ3n) is 3.57. The molecule has 1 unspecified atom stereocenters. The molecule has 2 rings (SSSR count). The first-order valence-electron chi connectivity index (χ1n) is 6.00. The van der Waals surface area contributed by atoms with Gasteiger partial charge < -0.3 is 10.0 Å². The Balaban J connectivity index is 1.92. The van der Waals surface area contributed by atoms with Crippen LogP contribution in [0.4, 0.5) is 0 Å². The van der Waals surface area contributed by atoms with Gasteiger partial charge in [0.15, 0.2) is 0 Å². The highest BCUT2D eigenvalue weighted by Gasteiger charge is 2.25. The zero-order valence-corrected chi connectivity index (χ0v) is 9.52. The van der Waals surface area contributed by atoms with Crippen molar-refractivity contribution in [1.82, 2.24) is 4.90 Å². The molecule has 1 fully saturated rings. The van der Waals surface area contributed by atoms with E-state index in [2.05, 4.69) is 30.2 Å². The van der Waals surface area contributed by atoms with Gasteiger partial charge in [-0.2, -0.15) is 0 Å². The summed E-state index contributed by atoms with van der Waals surface area (Å²) in [4.78, 5) is 2.34. The molecule has 15 heavy (non-hydrogen) atoms. The molecule has 0 radical (unpaired) electrons. The standard InChI is InChI=1S/C13H21NO/c1-14-9-7-12(8-10-14)13(15)11-5-3-2-4-6-11/h3,5-6,12-13,15H,2,4,7-10H2,1H3. The quantitative estimate of drug-likeness (QED) is 0.748. The van der Waals surface area contributed by atoms with E-state index in [0.29, 0.717) is 5.92 Å². The van der Waals surface area contributed by atoms with Gasteiger partial charge in [-0.25, -0.2) is 0 Å². The average molecular weight is 207 g/mol. The van der Waals surface area contributed by atoms with E-state index in [1.807, 2.05) is 0 Å². The largest absolute Gasteiger partial charge is 0.388 e. The van der Waals surface area contributed by atoms with Crippen molar-refractivity contribution in [2.24, 2.45) is 5.92 Å². The van der Waals surface area contributed by atoms with E-state index in [1.165, 1.54) is 0 Å². The predicted octanol–water partition coefficient (Wildman–Crippen LogP) is 1.97. The van der Waals surface area contributed by atoms with Crippen LogP contribution in [0, 0.1) is 5.92 Å². The van der Waals surface area contributed by atoms with E-state index >= 15 is 0 Å². The molecule has 0 amide bonds. The summed E-state index contributed by atoms with van der Waals surface area (Å²) < 4.78 is 0. The third kappa shape index (κ3) is 2.70. The minimum atomic E-state index is -0.227. The van der Waals surface area contributed by atoms with Crippen LogP contribution < -0.4 is 0 Å². The first kappa shape index (κ1) is 10.9. The Labute approximate surface area is 92.3 Å². The van der Waals surface area contributed by atoms with E-state index in [0.717, 1.165) is 44.3 Å². The summed E-state index contributed by atoms with van der Waals surface area (Å²) in [6.45, 7) is 2.25. The van der Waals surface area contributed by atoms with Crippen molar-refractivity contribution in [3.8, 4) is 0 Å². The fraction of sp³-hybridized carbons (Fsp3) is 0.692. The molecule has 0 aromatic rings. The first-order chi connectivity index (χ1) is 7.27. The van der Waals surface area contributed by atoms with Crippen molar-refractivity contribution in [2.45, 2.75) is 31.8 Å². The maximum absolute atomic E-state index is 10.2. The first-order valence-corrected chi connectivity index (χ1v) is 6.00. The Morgan fingerprint density at radius 1 is 1.33 bits per heavy atom. The number of nitrogens with zero attached hydrogens (tertiary/aromatic N) is 1. The molecule has 1 aliphatic heterocycles. The summed E-state index contributed by atoms with van der Waals surface area (Å²) in [5.41, 5.74) is 1.15. The molecule has 0 bridgehead atoms. The smallest absolute Gasteiger partial charge is 0.0815 e. The topological polar surface area (TPSA) is 23.5 Å². The van der Waals surface area contributed by atoms with Gasteiger partial charge in [0.2, 0.25) is 0 Å². The summed E-state index contributed by atoms with van der Waals surface area (Å²) in [5, 5.41) is 10.2. The maximum Gasteiger partial charge on any atom is 0.0815 e. The van der Waals surface area contributed by atoms with Gasteiger partial charge in [-0.05, 0) is 57.3 Å². The van der Waals surface area contributed by atoms with Gasteiger partial charge in [-0.15, -0.1) is 0 Å². The zero-order valence-electron chi connectivity index (χ0n) is 9.52. The summed E-state index contributed by atoms with van der Waals surface area (Å²) in [5.74, 6) is 0.468. The fourth-order valence-corrected chi connectivity index (χ4v) is 2.47. The van der Waals surface area contributed by atoms with Crippen LogP contribution in [0.1, 0.15) is 25.7 Å². The van der Waals surface area contributed by atoms with E-state index in [9.17, 15) is 5.11 Å². The molecule has 1 atom stereocenters. The molecular weight excluding hydrogens is 186 g/mol. The van der Waals surface area contributed by atoms with Crippen molar-refractivity contribution >= 4 is 0 Å². The van der Waals surface area contributed by atoms with Crippen molar-refractivity contribution in [1.29, 1.82) is 0 Å². The lowest BCUT2D eigenvalue weighted by molar-refractivity contribution is 0.0932. The Kier molecular flexibility index (Phi) is 3.60. The highest BCUT2D eigenvalue weighted by atomic mass is 16.3. The Bertz CT molecular complexity index is 262. The van der Waals surface area contributed by atoms with E-state index in [-0.39, 0.29) is 6.10 Å². The Morgan fingerprint density at radius 2 is 2.07 bits per heavy atom. The molecule has 0 aromatic carbocycles. The zero-order chi connectivity index (χ0) is 10.7. The summed E-state index contributed by atoms with van der Waals surface area (Å²) in [6, 6.07) is 0. The lowest BCUT2D eigenvalue weighted by Crippen LogP contribution is -2.36. The van der Waals surface area contributed by atoms with Gasteiger partial charge >= 0.3 is 0 Å². The van der Waals surface area contributed by atoms with Gasteiger partial charge in [-0.3, -0.25) is 0 Å². The Hall–Kier alpha value is -0.600. The number of aliphatic hydroxyl groups is 1. The van der Waals surface area contributed by atoms with E-state index < -0.39 is 0 Å². The number of aliphatic hydroxyl groups excluding tert-OH is 1. The van der Waals surface area contributed by atoms with Gasteiger partial charge in [0.05, 0.1) is 6.10 Å². The molecule has 2 nitrogen and oxygen atoms in total. The molecule has 1 saturated heterocycles. The number of likely N-dealkylation sites (tertiary alicyclic amines) is 1. The van der Waals surface area contributed by atoms with Crippen LogP contribution in [-0.2, 0) is 0 Å². The van der Waals surface area contributed by atoms with E-state index in [4.69, 9.17) is 0 Å². The molecule has 0 spiro atoms. The number of allylic oxidation sites excluding steroid dienone is 2. The van der Waals surface area contributed by atoms with Crippen molar-refractivity contribution in [3.05, 3.63) is 23.8 Å². The number of hydrogen-bond donors (Lipinski definition) is 1. The molecule has 0 aromatic heterocycles. The van der Waals surface area contributed by atoms with Crippen molar-refractivity contribution < 1.29 is 5.11 Å². The van der Waals surface area contributed by atoms with Gasteiger partial charge in [0.1, 0.15) is 0 Å². The minimum Gasteiger partial charge on any atom is -0.388 e. The summed E-state index contributed by atoms with van der Waals surface area (Å²) in [6.07, 6.45) is 10.7. The second-order valence-electron chi connectivity index (χ2n) is 4.77. The Morgan fingerprint density at radius 3 is 2.67 bits per heavy atom. The van der Waals surface area contributed by atoms with Crippen LogP contribution in [0.2, 0.25) is 0 Å². The van der Waals surface area contributed by atoms with Crippen LogP contribution in [0.3, 0.4) is 0 Å². The summed E-state index contributed by atoms with van der Waals surface area (Å²) >= 11 is 0. The lowest BCUT2D eigenvalue weighted by Gasteiger charge is -2.32. The average Bonchev–Trinajstić information content (AvgIpc) is 2.30. The second kappa shape index (κ2) is 4.95. The third-order valence-corrected chi connectivity index (χ3v) is 3.57. The predicted molar refractivity (Wildman–Crippen MR) is 62.7 cm³/mol. The van der Waals surface area contributed by atoms with Gasteiger partial charge in [0, 0.05) is 0 Å². The molecule has 1 heterocycles. The monoisotopic (exact) mass is 207 g/mol. The van der Waals surface area contributed by atoms with Crippen LogP contribution in [0.25, 0.3) is 0 Å². The van der Waals surface area contributed by atoms with Crippen molar-refractivity contribution in [3.63, 3.8) is 0 Å². The molecule has 2 heteroatoms. The maximum atomic E-state index is 10.2. The normalized spacial score (nSPS) is 26.4. The molecule has 2 aliphatic rings. The molecule has 1 N–H and O–H groups in total. The minimum absolute atomic E-state index is 0.227. The van der Waals surface area contributed by atoms with Crippen LogP contribution in [-0.4, -0.2) is 36.2 Å². The van der Waals surface area contributed by atoms with E-state index in [1.54, 1.807) is 0 Å². The SMILES string of the molecule is CN1CCC(C(O)C2=CCCC=C2)CC1. The van der Waals surface area contributed by atoms with Crippen LogP contribution >= 0.6 is 0 Å². The molecular formula is C13H21NO. The number of hydrogen-bond acceptors (Lipinski definition) is 2. The fourth-order valence-electron chi connectivity index (χ4n) is 2.47. The molecule has 84 valence electrons. The summed E-state index contributed by atoms with van der Waals surface area (Å²) in [7, 11) is 2.16. The van der Waals surface area contributed by atoms with Gasteiger partial charge in [-0.1, -0.05) is 18.2 Å². The van der Waals surface area contributed by atoms with Gasteiger partial charge in [0.25, 0.3) is 0 Å². The number of rotatable bonds is 2. The van der Waals surface area contributed by atoms with Crippen LogP contribution in [0.15, 0.2) is 23.8 Å². The number of piperidine rings is 1. The molecule has 0 saturated carbocycles. The molecule has 1 aliphatic carbocycles. The highest BCUT2D eigenvalue weighted by molar-refractivity contribution is 5.26. The lowest BCUT2D eigenvalue weighted by atomic mass is 9.86. The van der Waals surface area contributed by atoms with Crippen molar-refractivity contribution in [2.75, 3.05) is 20.1 Å². The second-order valence-corrected chi connectivity index (χ2v) is 4.77. The van der Waals surface area contributed by atoms with Crippen LogP contribution in [0.5, 0.6) is 0 Å². The highest BCUT2D eigenvalue weighted by Crippen LogP contribution is 2.26.